The van der Waals surface area contributed by atoms with E-state index in [0.29, 0.717) is 37.0 Å². The van der Waals surface area contributed by atoms with Crippen LogP contribution in [0.25, 0.3) is 0 Å². The number of rotatable bonds is 6. The zero-order valence-corrected chi connectivity index (χ0v) is 20.0. The highest BCUT2D eigenvalue weighted by Gasteiger charge is 2.50. The van der Waals surface area contributed by atoms with Gasteiger partial charge in [0.2, 0.25) is 0 Å². The minimum Gasteiger partial charge on any atom is -0.393 e. The van der Waals surface area contributed by atoms with Gasteiger partial charge in [-0.15, -0.1) is 0 Å². The minimum atomic E-state index is -0.834. The van der Waals surface area contributed by atoms with E-state index in [1.54, 1.807) is 13.8 Å². The van der Waals surface area contributed by atoms with E-state index < -0.39 is 23.9 Å². The molecular formula is C27H44O4. The lowest BCUT2D eigenvalue weighted by molar-refractivity contribution is 0.000127. The molecule has 4 N–H and O–H groups in total. The lowest BCUT2D eigenvalue weighted by atomic mass is 9.60. The van der Waals surface area contributed by atoms with Gasteiger partial charge < -0.3 is 20.4 Å². The van der Waals surface area contributed by atoms with Gasteiger partial charge in [-0.1, -0.05) is 38.2 Å². The van der Waals surface area contributed by atoms with Gasteiger partial charge in [-0.05, 0) is 93.1 Å². The van der Waals surface area contributed by atoms with Crippen LogP contribution < -0.4 is 0 Å². The molecule has 3 aliphatic carbocycles. The molecule has 7 atom stereocenters. The first-order valence-electron chi connectivity index (χ1n) is 12.3. The summed E-state index contributed by atoms with van der Waals surface area (Å²) in [7, 11) is 0. The van der Waals surface area contributed by atoms with Crippen LogP contribution in [-0.4, -0.2) is 44.3 Å². The summed E-state index contributed by atoms with van der Waals surface area (Å²) in [4.78, 5) is 0. The standard InChI is InChI=1S/C27H44O4/c1-17(13-22(29)16-26(3,4)31)23-10-11-24-19(7-6-12-27(23,24)5)8-9-20-14-21(28)15-25(30)18(20)2/h8-9,17,21-25,28-31H,2,6-7,10-16H2,1,3-5H3/b19-8+,20-9-/t17-,21+,22-,23+,24?,25-,27+/m1/s1. The van der Waals surface area contributed by atoms with Gasteiger partial charge in [-0.3, -0.25) is 0 Å². The topological polar surface area (TPSA) is 80.9 Å². The molecule has 4 heteroatoms. The first kappa shape index (κ1) is 24.7. The summed E-state index contributed by atoms with van der Waals surface area (Å²) in [5.74, 6) is 1.57. The number of hydrogen-bond donors (Lipinski definition) is 4. The molecule has 1 unspecified atom stereocenters. The van der Waals surface area contributed by atoms with Gasteiger partial charge in [0.05, 0.1) is 23.9 Å². The summed E-state index contributed by atoms with van der Waals surface area (Å²) < 4.78 is 0. The van der Waals surface area contributed by atoms with Crippen LogP contribution in [0.15, 0.2) is 35.5 Å². The molecule has 3 saturated carbocycles. The third kappa shape index (κ3) is 5.71. The predicted molar refractivity (Wildman–Crippen MR) is 125 cm³/mol. The molecule has 0 aromatic heterocycles. The Morgan fingerprint density at radius 3 is 2.61 bits per heavy atom. The number of aliphatic hydroxyl groups is 4. The monoisotopic (exact) mass is 432 g/mol. The number of fused-ring (bicyclic) bond motifs is 1. The largest absolute Gasteiger partial charge is 0.393 e. The van der Waals surface area contributed by atoms with Crippen molar-refractivity contribution >= 4 is 0 Å². The molecule has 0 bridgehead atoms. The second kappa shape index (κ2) is 9.51. The lowest BCUT2D eigenvalue weighted by Gasteiger charge is -2.44. The smallest absolute Gasteiger partial charge is 0.0811 e. The fraction of sp³-hybridized carbons (Fsp3) is 0.778. The highest BCUT2D eigenvalue weighted by molar-refractivity contribution is 5.38. The van der Waals surface area contributed by atoms with E-state index in [4.69, 9.17) is 0 Å². The predicted octanol–water partition coefficient (Wildman–Crippen LogP) is 4.68. The van der Waals surface area contributed by atoms with Crippen molar-refractivity contribution in [1.29, 1.82) is 0 Å². The highest BCUT2D eigenvalue weighted by Crippen LogP contribution is 2.60. The quantitative estimate of drug-likeness (QED) is 0.491. The molecule has 0 radical (unpaired) electrons. The van der Waals surface area contributed by atoms with E-state index in [0.717, 1.165) is 24.0 Å². The van der Waals surface area contributed by atoms with Crippen LogP contribution >= 0.6 is 0 Å². The average molecular weight is 433 g/mol. The van der Waals surface area contributed by atoms with Crippen molar-refractivity contribution in [3.63, 3.8) is 0 Å². The molecule has 0 aromatic rings. The Morgan fingerprint density at radius 2 is 1.94 bits per heavy atom. The van der Waals surface area contributed by atoms with Gasteiger partial charge in [-0.2, -0.15) is 0 Å². The second-order valence-corrected chi connectivity index (χ2v) is 11.5. The van der Waals surface area contributed by atoms with Crippen LogP contribution in [-0.2, 0) is 0 Å². The molecule has 3 aliphatic rings. The van der Waals surface area contributed by atoms with Crippen LogP contribution in [0, 0.1) is 23.2 Å². The van der Waals surface area contributed by atoms with E-state index in [1.807, 2.05) is 0 Å². The van der Waals surface area contributed by atoms with Gasteiger partial charge >= 0.3 is 0 Å². The Kier molecular flexibility index (Phi) is 7.57. The second-order valence-electron chi connectivity index (χ2n) is 11.5. The van der Waals surface area contributed by atoms with Crippen LogP contribution in [0.5, 0.6) is 0 Å². The van der Waals surface area contributed by atoms with E-state index >= 15 is 0 Å². The van der Waals surface area contributed by atoms with E-state index in [1.165, 1.54) is 31.3 Å². The maximum Gasteiger partial charge on any atom is 0.0811 e. The van der Waals surface area contributed by atoms with Gasteiger partial charge in [0.15, 0.2) is 0 Å². The first-order chi connectivity index (χ1) is 14.4. The Balaban J connectivity index is 1.72. The Hall–Kier alpha value is -0.940. The molecule has 0 amide bonds. The van der Waals surface area contributed by atoms with Crippen molar-refractivity contribution in [2.24, 2.45) is 23.2 Å². The van der Waals surface area contributed by atoms with Crippen molar-refractivity contribution in [2.45, 2.75) is 109 Å². The lowest BCUT2D eigenvalue weighted by Crippen LogP contribution is -2.37. The first-order valence-corrected chi connectivity index (χ1v) is 12.3. The van der Waals surface area contributed by atoms with Crippen LogP contribution in [0.4, 0.5) is 0 Å². The van der Waals surface area contributed by atoms with Crippen LogP contribution in [0.3, 0.4) is 0 Å². The summed E-state index contributed by atoms with van der Waals surface area (Å²) in [6.45, 7) is 12.3. The highest BCUT2D eigenvalue weighted by atomic mass is 16.3. The van der Waals surface area contributed by atoms with Crippen molar-refractivity contribution < 1.29 is 20.4 Å². The molecule has 176 valence electrons. The molecule has 0 heterocycles. The van der Waals surface area contributed by atoms with Gasteiger partial charge in [0.25, 0.3) is 0 Å². The third-order valence-electron chi connectivity index (χ3n) is 8.37. The summed E-state index contributed by atoms with van der Waals surface area (Å²) in [6, 6.07) is 0. The zero-order chi connectivity index (χ0) is 23.0. The fourth-order valence-electron chi connectivity index (χ4n) is 6.93. The van der Waals surface area contributed by atoms with Crippen molar-refractivity contribution in [2.75, 3.05) is 0 Å². The molecule has 3 rings (SSSR count). The van der Waals surface area contributed by atoms with Crippen molar-refractivity contribution in [1.82, 2.24) is 0 Å². The number of hydrogen-bond acceptors (Lipinski definition) is 4. The summed E-state index contributed by atoms with van der Waals surface area (Å²) >= 11 is 0. The van der Waals surface area contributed by atoms with Crippen LogP contribution in [0.1, 0.15) is 85.5 Å². The Morgan fingerprint density at radius 1 is 1.23 bits per heavy atom. The maximum atomic E-state index is 10.5. The molecule has 0 saturated heterocycles. The third-order valence-corrected chi connectivity index (χ3v) is 8.37. The average Bonchev–Trinajstić information content (AvgIpc) is 2.99. The molecule has 0 aromatic carbocycles. The van der Waals surface area contributed by atoms with E-state index in [-0.39, 0.29) is 5.41 Å². The Bertz CT molecular complexity index is 715. The molecule has 4 nitrogen and oxygen atoms in total. The van der Waals surface area contributed by atoms with Crippen LogP contribution in [0.2, 0.25) is 0 Å². The maximum absolute atomic E-state index is 10.5. The molecule has 3 fully saturated rings. The van der Waals surface area contributed by atoms with E-state index in [2.05, 4.69) is 32.6 Å². The summed E-state index contributed by atoms with van der Waals surface area (Å²) in [6.07, 6.45) is 10.8. The number of allylic oxidation sites excluding steroid dienone is 3. The van der Waals surface area contributed by atoms with Gasteiger partial charge in [0, 0.05) is 12.8 Å². The van der Waals surface area contributed by atoms with Gasteiger partial charge in [-0.25, -0.2) is 0 Å². The summed E-state index contributed by atoms with van der Waals surface area (Å²) in [5, 5.41) is 40.7. The van der Waals surface area contributed by atoms with Gasteiger partial charge in [0.1, 0.15) is 0 Å². The normalized spacial score (nSPS) is 39.0. The SMILES string of the molecule is C=C1/C(=C\C=C2/CCC[C@]3(C)C2CC[C@H]3[C@H](C)C[C@@H](O)CC(C)(C)O)C[C@H](O)C[C@H]1O. The summed E-state index contributed by atoms with van der Waals surface area (Å²) in [5.41, 5.74) is 2.64. The van der Waals surface area contributed by atoms with E-state index in [9.17, 15) is 20.4 Å². The Labute approximate surface area is 188 Å². The molecular weight excluding hydrogens is 388 g/mol. The molecule has 0 spiro atoms. The molecule has 31 heavy (non-hydrogen) atoms. The molecule has 0 aliphatic heterocycles. The van der Waals surface area contributed by atoms with Crippen molar-refractivity contribution in [3.8, 4) is 0 Å². The minimum absolute atomic E-state index is 0.249. The number of aliphatic hydroxyl groups excluding tert-OH is 3. The van der Waals surface area contributed by atoms with Crippen molar-refractivity contribution in [3.05, 3.63) is 35.5 Å². The fourth-order valence-corrected chi connectivity index (χ4v) is 6.93. The zero-order valence-electron chi connectivity index (χ0n) is 20.0.